The zero-order valence-electron chi connectivity index (χ0n) is 11.3. The molecule has 1 aromatic carbocycles. The Morgan fingerprint density at radius 1 is 1.14 bits per heavy atom. The fourth-order valence-corrected chi connectivity index (χ4v) is 2.11. The van der Waals surface area contributed by atoms with Crippen LogP contribution in [0.25, 0.3) is 0 Å². The molecule has 7 heteroatoms. The molecule has 0 aliphatic carbocycles. The molecule has 0 radical (unpaired) electrons. The van der Waals surface area contributed by atoms with Crippen molar-refractivity contribution in [1.29, 1.82) is 0 Å². The summed E-state index contributed by atoms with van der Waals surface area (Å²) < 4.78 is 5.19. The minimum Gasteiger partial charge on any atom is -0.467 e. The molecule has 1 saturated heterocycles. The number of carbonyl (C=O) groups excluding carboxylic acids is 1. The number of rotatable bonds is 5. The van der Waals surface area contributed by atoms with Crippen LogP contribution in [0.3, 0.4) is 0 Å². The number of benzene rings is 1. The molecule has 2 unspecified atom stereocenters. The molecule has 0 spiro atoms. The van der Waals surface area contributed by atoms with Gasteiger partial charge >= 0.3 is 0 Å². The molecular weight excluding hydrogens is 270 g/mol. The van der Waals surface area contributed by atoms with Crippen molar-refractivity contribution in [2.45, 2.75) is 18.8 Å². The first-order valence-corrected chi connectivity index (χ1v) is 6.71. The van der Waals surface area contributed by atoms with E-state index in [1.165, 1.54) is 0 Å². The Morgan fingerprint density at radius 2 is 2.00 bits per heavy atom. The van der Waals surface area contributed by atoms with Gasteiger partial charge in [-0.3, -0.25) is 4.79 Å². The fourth-order valence-electron chi connectivity index (χ4n) is 2.11. The smallest absolute Gasteiger partial charge is 0.242 e. The third kappa shape index (κ3) is 3.40. The van der Waals surface area contributed by atoms with E-state index in [0.29, 0.717) is 6.54 Å². The summed E-state index contributed by atoms with van der Waals surface area (Å²) in [6.07, 6.45) is 1.32. The van der Waals surface area contributed by atoms with Crippen molar-refractivity contribution in [3.05, 3.63) is 54.5 Å². The van der Waals surface area contributed by atoms with Crippen LogP contribution in [-0.2, 0) is 11.3 Å². The molecule has 1 aliphatic rings. The number of hydrazine groups is 2. The first-order valence-electron chi connectivity index (χ1n) is 6.71. The molecule has 1 fully saturated rings. The summed E-state index contributed by atoms with van der Waals surface area (Å²) in [5, 5.41) is 6.07. The SMILES string of the molecule is O=C(NCc1ccco1)C1NNNC1Nc1ccccc1. The Hall–Kier alpha value is -2.35. The summed E-state index contributed by atoms with van der Waals surface area (Å²) in [6.45, 7) is 0.363. The average Bonchev–Trinajstić information content (AvgIpc) is 3.17. The molecule has 3 rings (SSSR count). The maximum Gasteiger partial charge on any atom is 0.242 e. The molecule has 21 heavy (non-hydrogen) atoms. The molecule has 0 saturated carbocycles. The van der Waals surface area contributed by atoms with E-state index in [2.05, 4.69) is 27.0 Å². The number of hydrogen-bond donors (Lipinski definition) is 5. The number of para-hydroxylation sites is 1. The van der Waals surface area contributed by atoms with Gasteiger partial charge in [-0.1, -0.05) is 18.2 Å². The van der Waals surface area contributed by atoms with Gasteiger partial charge < -0.3 is 15.1 Å². The Kier molecular flexibility index (Phi) is 4.15. The molecule has 7 nitrogen and oxygen atoms in total. The monoisotopic (exact) mass is 287 g/mol. The van der Waals surface area contributed by atoms with Crippen molar-refractivity contribution < 1.29 is 9.21 Å². The van der Waals surface area contributed by atoms with Crippen LogP contribution < -0.4 is 27.0 Å². The maximum absolute atomic E-state index is 12.2. The molecule has 2 heterocycles. The minimum absolute atomic E-state index is 0.127. The van der Waals surface area contributed by atoms with E-state index in [1.807, 2.05) is 36.4 Å². The Bertz CT molecular complexity index is 572. The highest BCUT2D eigenvalue weighted by molar-refractivity contribution is 5.83. The lowest BCUT2D eigenvalue weighted by molar-refractivity contribution is -0.123. The van der Waals surface area contributed by atoms with Gasteiger partial charge in [0.1, 0.15) is 18.0 Å². The Labute approximate surface area is 122 Å². The van der Waals surface area contributed by atoms with Crippen LogP contribution in [0, 0.1) is 0 Å². The number of anilines is 1. The zero-order valence-corrected chi connectivity index (χ0v) is 11.3. The fraction of sp³-hybridized carbons (Fsp3) is 0.214. The lowest BCUT2D eigenvalue weighted by Gasteiger charge is -2.19. The van der Waals surface area contributed by atoms with E-state index in [0.717, 1.165) is 11.4 Å². The topological polar surface area (TPSA) is 90.4 Å². The summed E-state index contributed by atoms with van der Waals surface area (Å²) in [4.78, 5) is 12.2. The van der Waals surface area contributed by atoms with Gasteiger partial charge in [0, 0.05) is 5.69 Å². The van der Waals surface area contributed by atoms with Gasteiger partial charge in [0.25, 0.3) is 0 Å². The first-order chi connectivity index (χ1) is 10.3. The standard InChI is InChI=1S/C14H17N5O2/c20-14(15-9-11-7-4-8-21-11)12-13(18-19-17-12)16-10-5-2-1-3-6-10/h1-8,12-13,16-19H,9H2,(H,15,20). The highest BCUT2D eigenvalue weighted by atomic mass is 16.3. The first kappa shape index (κ1) is 13.6. The second-order valence-corrected chi connectivity index (χ2v) is 4.68. The molecule has 2 atom stereocenters. The van der Waals surface area contributed by atoms with Crippen LogP contribution in [-0.4, -0.2) is 18.1 Å². The van der Waals surface area contributed by atoms with E-state index in [4.69, 9.17) is 4.42 Å². The van der Waals surface area contributed by atoms with Gasteiger partial charge in [0.05, 0.1) is 12.8 Å². The third-order valence-corrected chi connectivity index (χ3v) is 3.18. The number of furan rings is 1. The molecule has 2 aromatic rings. The van der Waals surface area contributed by atoms with Crippen molar-refractivity contribution in [3.8, 4) is 0 Å². The van der Waals surface area contributed by atoms with Gasteiger partial charge in [0.2, 0.25) is 5.91 Å². The van der Waals surface area contributed by atoms with Gasteiger partial charge in [-0.2, -0.15) is 5.53 Å². The quantitative estimate of drug-likeness (QED) is 0.544. The highest BCUT2D eigenvalue weighted by Crippen LogP contribution is 2.09. The van der Waals surface area contributed by atoms with Crippen molar-refractivity contribution in [3.63, 3.8) is 0 Å². The normalized spacial score (nSPS) is 21.1. The largest absolute Gasteiger partial charge is 0.467 e. The summed E-state index contributed by atoms with van der Waals surface area (Å²) in [7, 11) is 0. The van der Waals surface area contributed by atoms with Crippen LogP contribution in [0.4, 0.5) is 5.69 Å². The predicted octanol–water partition coefficient (Wildman–Crippen LogP) is 0.315. The van der Waals surface area contributed by atoms with Crippen LogP contribution in [0.1, 0.15) is 5.76 Å². The highest BCUT2D eigenvalue weighted by Gasteiger charge is 2.32. The number of amides is 1. The van der Waals surface area contributed by atoms with Crippen LogP contribution >= 0.6 is 0 Å². The van der Waals surface area contributed by atoms with Crippen LogP contribution in [0.2, 0.25) is 0 Å². The van der Waals surface area contributed by atoms with Crippen molar-refractivity contribution in [1.82, 2.24) is 21.7 Å². The lowest BCUT2D eigenvalue weighted by Crippen LogP contribution is -2.50. The third-order valence-electron chi connectivity index (χ3n) is 3.18. The maximum atomic E-state index is 12.2. The van der Waals surface area contributed by atoms with Gasteiger partial charge in [-0.15, -0.1) is 0 Å². The second kappa shape index (κ2) is 6.40. The van der Waals surface area contributed by atoms with E-state index < -0.39 is 6.04 Å². The lowest BCUT2D eigenvalue weighted by atomic mass is 10.2. The molecule has 5 N–H and O–H groups in total. The second-order valence-electron chi connectivity index (χ2n) is 4.68. The molecule has 110 valence electrons. The predicted molar refractivity (Wildman–Crippen MR) is 77.6 cm³/mol. The van der Waals surface area contributed by atoms with Gasteiger partial charge in [-0.05, 0) is 24.3 Å². The van der Waals surface area contributed by atoms with Gasteiger partial charge in [-0.25, -0.2) is 10.9 Å². The number of nitrogens with one attached hydrogen (secondary N) is 5. The average molecular weight is 287 g/mol. The van der Waals surface area contributed by atoms with Crippen molar-refractivity contribution in [2.75, 3.05) is 5.32 Å². The van der Waals surface area contributed by atoms with Crippen LogP contribution in [0.5, 0.6) is 0 Å². The van der Waals surface area contributed by atoms with E-state index >= 15 is 0 Å². The minimum atomic E-state index is -0.444. The zero-order chi connectivity index (χ0) is 14.5. The van der Waals surface area contributed by atoms with E-state index in [1.54, 1.807) is 12.3 Å². The number of hydrogen-bond acceptors (Lipinski definition) is 6. The molecule has 1 aromatic heterocycles. The number of carbonyl (C=O) groups is 1. The van der Waals surface area contributed by atoms with Gasteiger partial charge in [0.15, 0.2) is 0 Å². The summed E-state index contributed by atoms with van der Waals surface area (Å²) >= 11 is 0. The molecule has 1 amide bonds. The van der Waals surface area contributed by atoms with Crippen LogP contribution in [0.15, 0.2) is 53.1 Å². The van der Waals surface area contributed by atoms with E-state index in [9.17, 15) is 4.79 Å². The van der Waals surface area contributed by atoms with E-state index in [-0.39, 0.29) is 12.1 Å². The molecule has 0 bridgehead atoms. The molecular formula is C14H17N5O2. The summed E-state index contributed by atoms with van der Waals surface area (Å²) in [6, 6.07) is 12.9. The Morgan fingerprint density at radius 3 is 2.76 bits per heavy atom. The van der Waals surface area contributed by atoms with Crippen molar-refractivity contribution >= 4 is 11.6 Å². The summed E-state index contributed by atoms with van der Waals surface area (Å²) in [5.74, 6) is 0.590. The van der Waals surface area contributed by atoms with Crippen molar-refractivity contribution in [2.24, 2.45) is 0 Å². The Balaban J connectivity index is 1.57. The summed E-state index contributed by atoms with van der Waals surface area (Å²) in [5.41, 5.74) is 9.57. The molecule has 1 aliphatic heterocycles.